The first-order valence-electron chi connectivity index (χ1n) is 15.4. The van der Waals surface area contributed by atoms with Gasteiger partial charge >= 0.3 is 5.97 Å². The van der Waals surface area contributed by atoms with Crippen molar-refractivity contribution >= 4 is 23.3 Å². The molecule has 4 aliphatic rings. The molecule has 0 unspecified atom stereocenters. The second-order valence-electron chi connectivity index (χ2n) is 13.1. The number of carbonyl (C=O) groups excluding carboxylic acids is 1. The molecule has 0 spiro atoms. The van der Waals surface area contributed by atoms with Crippen LogP contribution in [0.1, 0.15) is 60.1 Å². The molecular formula is C33H35N9O2. The fraction of sp³-hybridized carbons (Fsp3) is 0.424. The molecule has 0 saturated heterocycles. The number of aryl methyl sites for hydroxylation is 1. The highest BCUT2D eigenvalue weighted by Crippen LogP contribution is 2.60. The molecule has 0 atom stereocenters. The van der Waals surface area contributed by atoms with E-state index in [4.69, 9.17) is 9.84 Å². The standard InChI is InChI=1S/C33H35N9O2/c1-19-8-26(39-40-30(19)38-28-4-6-34-18-36-28)27-16-35-31-29(32(43)44-3)24(5-7-41(27)31)25-15-37-42(20(25)2)17-33-12-21-9-22(13-33)11-23(10-21)14-33/h4-8,15-16,18,21-23H,9-14,17H2,1-3H3,(H,34,36,38,40). The molecule has 5 heterocycles. The summed E-state index contributed by atoms with van der Waals surface area (Å²) in [7, 11) is 1.40. The molecule has 44 heavy (non-hydrogen) atoms. The summed E-state index contributed by atoms with van der Waals surface area (Å²) in [6.07, 6.45) is 16.9. The lowest BCUT2D eigenvalue weighted by molar-refractivity contribution is -0.0638. The number of hydrogen-bond acceptors (Lipinski definition) is 9. The van der Waals surface area contributed by atoms with Crippen LogP contribution in [-0.4, -0.2) is 52.4 Å². The second-order valence-corrected chi connectivity index (χ2v) is 13.1. The molecule has 4 aliphatic carbocycles. The number of hydrogen-bond donors (Lipinski definition) is 1. The molecule has 9 rings (SSSR count). The first kappa shape index (κ1) is 26.9. The molecule has 1 N–H and O–H groups in total. The van der Waals surface area contributed by atoms with Crippen molar-refractivity contribution in [2.75, 3.05) is 12.4 Å². The highest BCUT2D eigenvalue weighted by atomic mass is 16.5. The minimum atomic E-state index is -0.442. The number of rotatable bonds is 7. The highest BCUT2D eigenvalue weighted by molar-refractivity contribution is 6.03. The molecule has 11 heteroatoms. The third-order valence-corrected chi connectivity index (χ3v) is 10.2. The van der Waals surface area contributed by atoms with Crippen LogP contribution in [0.5, 0.6) is 0 Å². The van der Waals surface area contributed by atoms with Crippen molar-refractivity contribution < 1.29 is 9.53 Å². The zero-order valence-electron chi connectivity index (χ0n) is 25.2. The van der Waals surface area contributed by atoms with Crippen molar-refractivity contribution in [2.45, 2.75) is 58.9 Å². The van der Waals surface area contributed by atoms with Gasteiger partial charge in [0.25, 0.3) is 0 Å². The van der Waals surface area contributed by atoms with Crippen LogP contribution in [0.3, 0.4) is 0 Å². The lowest BCUT2D eigenvalue weighted by Gasteiger charge is -2.56. The van der Waals surface area contributed by atoms with Crippen molar-refractivity contribution in [3.8, 4) is 22.5 Å². The summed E-state index contributed by atoms with van der Waals surface area (Å²) in [5.74, 6) is 3.45. The second kappa shape index (κ2) is 10.2. The molecule has 4 fully saturated rings. The van der Waals surface area contributed by atoms with Gasteiger partial charge in [0.15, 0.2) is 11.5 Å². The third kappa shape index (κ3) is 4.44. The van der Waals surface area contributed by atoms with Crippen LogP contribution in [0.2, 0.25) is 0 Å². The summed E-state index contributed by atoms with van der Waals surface area (Å²) in [4.78, 5) is 26.1. The van der Waals surface area contributed by atoms with Gasteiger partial charge in [-0.2, -0.15) is 5.10 Å². The molecule has 4 bridgehead atoms. The van der Waals surface area contributed by atoms with Crippen LogP contribution in [0.15, 0.2) is 49.3 Å². The maximum atomic E-state index is 13.3. The molecular weight excluding hydrogens is 554 g/mol. The van der Waals surface area contributed by atoms with Crippen LogP contribution in [-0.2, 0) is 11.3 Å². The zero-order valence-corrected chi connectivity index (χ0v) is 25.2. The molecule has 0 radical (unpaired) electrons. The lowest BCUT2D eigenvalue weighted by Crippen LogP contribution is -2.48. The van der Waals surface area contributed by atoms with E-state index in [1.165, 1.54) is 52.0 Å². The van der Waals surface area contributed by atoms with Gasteiger partial charge < -0.3 is 10.1 Å². The quantitative estimate of drug-likeness (QED) is 0.234. The first-order chi connectivity index (χ1) is 21.4. The van der Waals surface area contributed by atoms with E-state index in [1.807, 2.05) is 35.9 Å². The Morgan fingerprint density at radius 2 is 1.80 bits per heavy atom. The van der Waals surface area contributed by atoms with Crippen molar-refractivity contribution in [3.05, 3.63) is 66.1 Å². The van der Waals surface area contributed by atoms with E-state index in [0.717, 1.165) is 52.4 Å². The average molecular weight is 590 g/mol. The van der Waals surface area contributed by atoms with Crippen molar-refractivity contribution in [1.82, 2.24) is 39.3 Å². The maximum absolute atomic E-state index is 13.3. The Hall–Kier alpha value is -4.67. The highest BCUT2D eigenvalue weighted by Gasteiger charge is 2.51. The van der Waals surface area contributed by atoms with E-state index in [9.17, 15) is 4.79 Å². The number of ether oxygens (including phenoxy) is 1. The zero-order chi connectivity index (χ0) is 30.0. The fourth-order valence-electron chi connectivity index (χ4n) is 8.66. The Bertz CT molecular complexity index is 1860. The van der Waals surface area contributed by atoms with Gasteiger partial charge in [0.2, 0.25) is 0 Å². The summed E-state index contributed by atoms with van der Waals surface area (Å²) >= 11 is 0. The number of carbonyl (C=O) groups is 1. The first-order valence-corrected chi connectivity index (χ1v) is 15.4. The SMILES string of the molecule is COC(=O)c1c(-c2cnn(CC34CC5CC(CC(C5)C3)C4)c2C)ccn2c(-c3cc(C)c(Nc4ccncn4)nn3)cnc12. The number of fused-ring (bicyclic) bond motifs is 1. The predicted octanol–water partition coefficient (Wildman–Crippen LogP) is 5.81. The van der Waals surface area contributed by atoms with E-state index in [2.05, 4.69) is 42.1 Å². The molecule has 11 nitrogen and oxygen atoms in total. The number of nitrogens with zero attached hydrogens (tertiary/aromatic N) is 8. The van der Waals surface area contributed by atoms with Gasteiger partial charge in [-0.15, -0.1) is 10.2 Å². The van der Waals surface area contributed by atoms with Gasteiger partial charge in [0.1, 0.15) is 23.4 Å². The van der Waals surface area contributed by atoms with Crippen molar-refractivity contribution in [2.24, 2.45) is 23.2 Å². The van der Waals surface area contributed by atoms with E-state index in [-0.39, 0.29) is 0 Å². The summed E-state index contributed by atoms with van der Waals surface area (Å²) < 4.78 is 9.33. The third-order valence-electron chi connectivity index (χ3n) is 10.2. The average Bonchev–Trinajstić information content (AvgIpc) is 3.60. The largest absolute Gasteiger partial charge is 0.465 e. The molecule has 5 aromatic heterocycles. The Kier molecular flexibility index (Phi) is 6.25. The Morgan fingerprint density at radius 1 is 1.02 bits per heavy atom. The number of imidazole rings is 1. The predicted molar refractivity (Wildman–Crippen MR) is 164 cm³/mol. The smallest absolute Gasteiger partial charge is 0.342 e. The number of anilines is 2. The van der Waals surface area contributed by atoms with Crippen LogP contribution >= 0.6 is 0 Å². The van der Waals surface area contributed by atoms with Crippen LogP contribution in [0.4, 0.5) is 11.6 Å². The van der Waals surface area contributed by atoms with Gasteiger partial charge in [0.05, 0.1) is 25.2 Å². The molecule has 5 aromatic rings. The van der Waals surface area contributed by atoms with Gasteiger partial charge in [-0.25, -0.2) is 19.7 Å². The van der Waals surface area contributed by atoms with Crippen LogP contribution in [0.25, 0.3) is 28.2 Å². The molecule has 0 aromatic carbocycles. The Labute approximate surface area is 255 Å². The van der Waals surface area contributed by atoms with Crippen molar-refractivity contribution in [1.29, 1.82) is 0 Å². The van der Waals surface area contributed by atoms with E-state index < -0.39 is 5.97 Å². The van der Waals surface area contributed by atoms with E-state index in [1.54, 1.807) is 18.5 Å². The Balaban J connectivity index is 1.14. The fourth-order valence-corrected chi connectivity index (χ4v) is 8.66. The van der Waals surface area contributed by atoms with Gasteiger partial charge in [-0.1, -0.05) is 0 Å². The number of nitrogens with one attached hydrogen (secondary N) is 1. The number of aromatic nitrogens is 8. The summed E-state index contributed by atoms with van der Waals surface area (Å²) in [6.45, 7) is 5.01. The normalized spacial score (nSPS) is 23.8. The summed E-state index contributed by atoms with van der Waals surface area (Å²) in [6, 6.07) is 5.65. The van der Waals surface area contributed by atoms with Gasteiger partial charge in [-0.05, 0) is 99.3 Å². The molecule has 0 amide bonds. The molecule has 224 valence electrons. The summed E-state index contributed by atoms with van der Waals surface area (Å²) in [5.41, 5.74) is 6.26. The van der Waals surface area contributed by atoms with Crippen LogP contribution in [0, 0.1) is 37.0 Å². The van der Waals surface area contributed by atoms with E-state index in [0.29, 0.717) is 34.0 Å². The molecule has 0 aliphatic heterocycles. The summed E-state index contributed by atoms with van der Waals surface area (Å²) in [5, 5.41) is 16.9. The molecule has 4 saturated carbocycles. The van der Waals surface area contributed by atoms with Crippen molar-refractivity contribution in [3.63, 3.8) is 0 Å². The number of pyridine rings is 1. The van der Waals surface area contributed by atoms with Gasteiger partial charge in [0, 0.05) is 35.8 Å². The van der Waals surface area contributed by atoms with Gasteiger partial charge in [-0.3, -0.25) is 9.08 Å². The lowest BCUT2D eigenvalue weighted by atomic mass is 9.49. The monoisotopic (exact) mass is 589 g/mol. The van der Waals surface area contributed by atoms with Crippen LogP contribution < -0.4 is 5.32 Å². The topological polar surface area (TPSA) is 125 Å². The van der Waals surface area contributed by atoms with E-state index >= 15 is 0 Å². The minimum Gasteiger partial charge on any atom is -0.465 e. The maximum Gasteiger partial charge on any atom is 0.342 e. The number of esters is 1. The number of methoxy groups -OCH3 is 1. The Morgan fingerprint density at radius 3 is 2.48 bits per heavy atom. The minimum absolute atomic E-state index is 0.356.